The molecular weight excluding hydrogens is 260 g/mol. The van der Waals surface area contributed by atoms with Crippen LogP contribution in [0.4, 0.5) is 0 Å². The molecule has 1 N–H and O–H groups in total. The SMILES string of the molecule is Cc1nc(CC(C)C)c(C(=O)N2CCC(CO)C2)s1. The van der Waals surface area contributed by atoms with Crippen LogP contribution in [-0.2, 0) is 6.42 Å². The van der Waals surface area contributed by atoms with Gasteiger partial charge in [0.25, 0.3) is 5.91 Å². The summed E-state index contributed by atoms with van der Waals surface area (Å²) in [6.45, 7) is 7.83. The average molecular weight is 282 g/mol. The first-order valence-electron chi connectivity index (χ1n) is 6.87. The van der Waals surface area contributed by atoms with Crippen LogP contribution < -0.4 is 0 Å². The van der Waals surface area contributed by atoms with E-state index in [0.717, 1.165) is 35.0 Å². The highest BCUT2D eigenvalue weighted by molar-refractivity contribution is 7.13. The third kappa shape index (κ3) is 3.34. The second-order valence-electron chi connectivity index (χ2n) is 5.70. The first kappa shape index (κ1) is 14.5. The zero-order chi connectivity index (χ0) is 14.0. The molecule has 0 saturated carbocycles. The summed E-state index contributed by atoms with van der Waals surface area (Å²) >= 11 is 1.50. The number of hydrogen-bond donors (Lipinski definition) is 1. The maximum Gasteiger partial charge on any atom is 0.265 e. The number of aromatic nitrogens is 1. The Bertz CT molecular complexity index is 456. The van der Waals surface area contributed by atoms with Crippen LogP contribution in [-0.4, -0.2) is 40.6 Å². The zero-order valence-electron chi connectivity index (χ0n) is 11.8. The molecule has 1 aliphatic rings. The predicted molar refractivity (Wildman–Crippen MR) is 76.5 cm³/mol. The highest BCUT2D eigenvalue weighted by Gasteiger charge is 2.29. The number of carbonyl (C=O) groups excluding carboxylic acids is 1. The minimum absolute atomic E-state index is 0.0946. The summed E-state index contributed by atoms with van der Waals surface area (Å²) < 4.78 is 0. The fourth-order valence-corrected chi connectivity index (χ4v) is 3.39. The molecule has 1 fully saturated rings. The van der Waals surface area contributed by atoms with Crippen LogP contribution >= 0.6 is 11.3 Å². The van der Waals surface area contributed by atoms with Gasteiger partial charge in [-0.2, -0.15) is 0 Å². The van der Waals surface area contributed by atoms with Crippen molar-refractivity contribution in [2.75, 3.05) is 19.7 Å². The van der Waals surface area contributed by atoms with Crippen molar-refractivity contribution in [2.45, 2.75) is 33.6 Å². The Morgan fingerprint density at radius 3 is 2.89 bits per heavy atom. The lowest BCUT2D eigenvalue weighted by molar-refractivity contribution is 0.0785. The standard InChI is InChI=1S/C14H22N2O2S/c1-9(2)6-12-13(19-10(3)15-12)14(18)16-5-4-11(7-16)8-17/h9,11,17H,4-8H2,1-3H3. The molecule has 1 aromatic rings. The Hall–Kier alpha value is -0.940. The molecule has 1 atom stereocenters. The van der Waals surface area contributed by atoms with E-state index in [1.807, 2.05) is 11.8 Å². The van der Waals surface area contributed by atoms with Crippen LogP contribution in [0, 0.1) is 18.8 Å². The largest absolute Gasteiger partial charge is 0.396 e. The van der Waals surface area contributed by atoms with E-state index in [9.17, 15) is 4.79 Å². The number of aryl methyl sites for hydroxylation is 1. The minimum atomic E-state index is 0.0946. The summed E-state index contributed by atoms with van der Waals surface area (Å²) in [7, 11) is 0. The van der Waals surface area contributed by atoms with Gasteiger partial charge in [-0.05, 0) is 25.7 Å². The molecule has 0 aromatic carbocycles. The third-order valence-electron chi connectivity index (χ3n) is 3.43. The number of likely N-dealkylation sites (tertiary alicyclic amines) is 1. The number of hydrogen-bond acceptors (Lipinski definition) is 4. The van der Waals surface area contributed by atoms with Gasteiger partial charge in [-0.25, -0.2) is 4.98 Å². The van der Waals surface area contributed by atoms with Gasteiger partial charge in [0, 0.05) is 25.6 Å². The lowest BCUT2D eigenvalue weighted by Crippen LogP contribution is -2.29. The molecule has 2 heterocycles. The second-order valence-corrected chi connectivity index (χ2v) is 6.90. The van der Waals surface area contributed by atoms with Crippen LogP contribution in [0.1, 0.15) is 40.6 Å². The maximum absolute atomic E-state index is 12.5. The van der Waals surface area contributed by atoms with Crippen LogP contribution in [0.25, 0.3) is 0 Å². The van der Waals surface area contributed by atoms with Gasteiger partial charge in [-0.3, -0.25) is 4.79 Å². The van der Waals surface area contributed by atoms with E-state index >= 15 is 0 Å². The van der Waals surface area contributed by atoms with E-state index in [1.165, 1.54) is 11.3 Å². The van der Waals surface area contributed by atoms with E-state index in [0.29, 0.717) is 12.5 Å². The summed E-state index contributed by atoms with van der Waals surface area (Å²) in [5.74, 6) is 0.834. The zero-order valence-corrected chi connectivity index (χ0v) is 12.7. The van der Waals surface area contributed by atoms with Crippen molar-refractivity contribution in [2.24, 2.45) is 11.8 Å². The number of aliphatic hydroxyl groups is 1. The molecule has 0 aliphatic carbocycles. The molecule has 0 spiro atoms. The van der Waals surface area contributed by atoms with Crippen molar-refractivity contribution < 1.29 is 9.90 Å². The van der Waals surface area contributed by atoms with E-state index in [1.54, 1.807) is 0 Å². The van der Waals surface area contributed by atoms with Crippen molar-refractivity contribution in [1.82, 2.24) is 9.88 Å². The van der Waals surface area contributed by atoms with Crippen molar-refractivity contribution >= 4 is 17.2 Å². The number of rotatable bonds is 4. The Balaban J connectivity index is 2.15. The van der Waals surface area contributed by atoms with Gasteiger partial charge >= 0.3 is 0 Å². The van der Waals surface area contributed by atoms with Crippen molar-refractivity contribution in [3.63, 3.8) is 0 Å². The smallest absolute Gasteiger partial charge is 0.265 e. The van der Waals surface area contributed by atoms with Gasteiger partial charge in [0.2, 0.25) is 0 Å². The third-order valence-corrected chi connectivity index (χ3v) is 4.43. The van der Waals surface area contributed by atoms with E-state index in [2.05, 4.69) is 18.8 Å². The number of thiazole rings is 1. The lowest BCUT2D eigenvalue weighted by Gasteiger charge is -2.16. The fourth-order valence-electron chi connectivity index (χ4n) is 2.47. The molecule has 1 unspecified atom stereocenters. The molecule has 1 saturated heterocycles. The number of carbonyl (C=O) groups is 1. The second kappa shape index (κ2) is 6.01. The molecule has 5 heteroatoms. The summed E-state index contributed by atoms with van der Waals surface area (Å²) in [5.41, 5.74) is 0.940. The molecule has 1 amide bonds. The van der Waals surface area contributed by atoms with Crippen molar-refractivity contribution in [1.29, 1.82) is 0 Å². The van der Waals surface area contributed by atoms with Gasteiger partial charge in [0.05, 0.1) is 10.7 Å². The molecule has 1 aromatic heterocycles. The van der Waals surface area contributed by atoms with Crippen molar-refractivity contribution in [3.8, 4) is 0 Å². The Morgan fingerprint density at radius 2 is 2.32 bits per heavy atom. The number of amides is 1. The molecule has 106 valence electrons. The molecule has 0 bridgehead atoms. The Kier molecular flexibility index (Phi) is 4.58. The van der Waals surface area contributed by atoms with E-state index in [-0.39, 0.29) is 18.4 Å². The highest BCUT2D eigenvalue weighted by Crippen LogP contribution is 2.25. The van der Waals surface area contributed by atoms with Crippen LogP contribution in [0.3, 0.4) is 0 Å². The molecule has 1 aliphatic heterocycles. The quantitative estimate of drug-likeness (QED) is 0.920. The molecule has 19 heavy (non-hydrogen) atoms. The van der Waals surface area contributed by atoms with Gasteiger partial charge in [0.15, 0.2) is 0 Å². The van der Waals surface area contributed by atoms with Gasteiger partial charge in [0.1, 0.15) is 4.88 Å². The van der Waals surface area contributed by atoms with Gasteiger partial charge in [-0.1, -0.05) is 13.8 Å². The van der Waals surface area contributed by atoms with Crippen LogP contribution in [0.2, 0.25) is 0 Å². The Labute approximate surface area is 118 Å². The van der Waals surface area contributed by atoms with Crippen molar-refractivity contribution in [3.05, 3.63) is 15.6 Å². The van der Waals surface area contributed by atoms with Crippen LogP contribution in [0.5, 0.6) is 0 Å². The van der Waals surface area contributed by atoms with Crippen LogP contribution in [0.15, 0.2) is 0 Å². The summed E-state index contributed by atoms with van der Waals surface area (Å²) in [6.07, 6.45) is 1.75. The topological polar surface area (TPSA) is 53.4 Å². The summed E-state index contributed by atoms with van der Waals surface area (Å²) in [5, 5.41) is 10.1. The molecular formula is C14H22N2O2S. The molecule has 0 radical (unpaired) electrons. The molecule has 2 rings (SSSR count). The maximum atomic E-state index is 12.5. The first-order chi connectivity index (χ1) is 9.01. The number of nitrogens with zero attached hydrogens (tertiary/aromatic N) is 2. The average Bonchev–Trinajstić information content (AvgIpc) is 2.94. The highest BCUT2D eigenvalue weighted by atomic mass is 32.1. The number of aliphatic hydroxyl groups excluding tert-OH is 1. The minimum Gasteiger partial charge on any atom is -0.396 e. The summed E-state index contributed by atoms with van der Waals surface area (Å²) in [6, 6.07) is 0. The van der Waals surface area contributed by atoms with Gasteiger partial charge < -0.3 is 10.0 Å². The van der Waals surface area contributed by atoms with E-state index in [4.69, 9.17) is 5.11 Å². The van der Waals surface area contributed by atoms with E-state index < -0.39 is 0 Å². The Morgan fingerprint density at radius 1 is 1.58 bits per heavy atom. The predicted octanol–water partition coefficient (Wildman–Crippen LogP) is 2.10. The van der Waals surface area contributed by atoms with Gasteiger partial charge in [-0.15, -0.1) is 11.3 Å². The summed E-state index contributed by atoms with van der Waals surface area (Å²) in [4.78, 5) is 19.7. The fraction of sp³-hybridized carbons (Fsp3) is 0.714. The monoisotopic (exact) mass is 282 g/mol. The normalized spacial score (nSPS) is 19.4. The molecule has 4 nitrogen and oxygen atoms in total. The lowest BCUT2D eigenvalue weighted by atomic mass is 10.1. The first-order valence-corrected chi connectivity index (χ1v) is 7.69.